The number of methoxy groups -OCH3 is 2. The van der Waals surface area contributed by atoms with E-state index in [9.17, 15) is 9.59 Å². The topological polar surface area (TPSA) is 86.9 Å². The van der Waals surface area contributed by atoms with E-state index in [0.29, 0.717) is 39.8 Å². The summed E-state index contributed by atoms with van der Waals surface area (Å²) in [7, 11) is 3.12. The number of para-hydroxylation sites is 1. The van der Waals surface area contributed by atoms with Crippen LogP contribution in [-0.4, -0.2) is 60.7 Å². The number of hydrogen-bond acceptors (Lipinski definition) is 5. The number of halogens is 1. The van der Waals surface area contributed by atoms with Crippen LogP contribution in [-0.2, 0) is 6.54 Å². The molecule has 1 aliphatic rings. The van der Waals surface area contributed by atoms with E-state index in [4.69, 9.17) is 21.1 Å². The number of pyridine rings is 1. The first-order valence-electron chi connectivity index (χ1n) is 11.8. The second kappa shape index (κ2) is 11.0. The molecule has 0 saturated carbocycles. The lowest BCUT2D eigenvalue weighted by Gasteiger charge is -2.30. The van der Waals surface area contributed by atoms with E-state index in [1.807, 2.05) is 18.2 Å². The highest BCUT2D eigenvalue weighted by Crippen LogP contribution is 2.31. The first-order chi connectivity index (χ1) is 16.9. The zero-order chi connectivity index (χ0) is 24.9. The lowest BCUT2D eigenvalue weighted by molar-refractivity contribution is 0.174. The van der Waals surface area contributed by atoms with Crippen LogP contribution in [0.25, 0.3) is 10.9 Å². The predicted molar refractivity (Wildman–Crippen MR) is 139 cm³/mol. The maximum Gasteiger partial charge on any atom is 0.322 e. The van der Waals surface area contributed by atoms with Crippen molar-refractivity contribution in [1.29, 1.82) is 0 Å². The average molecular weight is 499 g/mol. The van der Waals surface area contributed by atoms with Crippen molar-refractivity contribution in [2.75, 3.05) is 39.2 Å². The molecule has 0 spiro atoms. The van der Waals surface area contributed by atoms with Crippen molar-refractivity contribution in [3.8, 4) is 11.5 Å². The number of benzene rings is 2. The number of carbonyl (C=O) groups excluding carboxylic acids is 1. The van der Waals surface area contributed by atoms with Gasteiger partial charge in [-0.2, -0.15) is 0 Å². The first-order valence-corrected chi connectivity index (χ1v) is 12.1. The Kier molecular flexibility index (Phi) is 7.83. The summed E-state index contributed by atoms with van der Waals surface area (Å²) in [6.07, 6.45) is 2.10. The molecule has 4 rings (SSSR count). The van der Waals surface area contributed by atoms with Gasteiger partial charge in [-0.25, -0.2) is 4.79 Å². The highest BCUT2D eigenvalue weighted by molar-refractivity contribution is 6.33. The Morgan fingerprint density at radius 3 is 2.66 bits per heavy atom. The van der Waals surface area contributed by atoms with Gasteiger partial charge in [-0.3, -0.25) is 9.69 Å². The number of aromatic nitrogens is 1. The SMILES string of the molecule is CCN1CCC[C@@H]1CN(Cc1cc2cc(OC)c(OC)cc2[nH]c1=O)C(=O)Nc1ccccc1Cl. The maximum atomic E-state index is 13.4. The van der Waals surface area contributed by atoms with Crippen LogP contribution in [0, 0.1) is 0 Å². The van der Waals surface area contributed by atoms with Crippen molar-refractivity contribution in [1.82, 2.24) is 14.8 Å². The highest BCUT2D eigenvalue weighted by Gasteiger charge is 2.28. The Hall–Kier alpha value is -3.23. The number of fused-ring (bicyclic) bond motifs is 1. The van der Waals surface area contributed by atoms with E-state index in [2.05, 4.69) is 22.1 Å². The summed E-state index contributed by atoms with van der Waals surface area (Å²) in [6, 6.07) is 12.4. The zero-order valence-electron chi connectivity index (χ0n) is 20.3. The molecule has 1 fully saturated rings. The fourth-order valence-electron chi connectivity index (χ4n) is 4.65. The van der Waals surface area contributed by atoms with Crippen molar-refractivity contribution >= 4 is 34.2 Å². The summed E-state index contributed by atoms with van der Waals surface area (Å²) < 4.78 is 10.8. The Balaban J connectivity index is 1.66. The number of ether oxygens (including phenoxy) is 2. The molecule has 2 heterocycles. The smallest absolute Gasteiger partial charge is 0.322 e. The lowest BCUT2D eigenvalue weighted by atomic mass is 10.1. The van der Waals surface area contributed by atoms with Crippen molar-refractivity contribution in [2.24, 2.45) is 0 Å². The Bertz CT molecular complexity index is 1260. The normalized spacial score (nSPS) is 15.8. The monoisotopic (exact) mass is 498 g/mol. The number of likely N-dealkylation sites (N-methyl/N-ethyl adjacent to an activating group) is 1. The standard InChI is InChI=1S/C26H31ClN4O4/c1-4-30-11-7-8-19(30)16-31(26(33)29-21-10-6-5-9-20(21)27)15-18-12-17-13-23(34-2)24(35-3)14-22(17)28-25(18)32/h5-6,9-10,12-14,19H,4,7-8,11,15-16H2,1-3H3,(H,28,32)(H,29,33)/t19-/m1/s1. The van der Waals surface area contributed by atoms with E-state index in [1.54, 1.807) is 43.4 Å². The summed E-state index contributed by atoms with van der Waals surface area (Å²) in [5, 5.41) is 4.17. The molecule has 1 aromatic heterocycles. The summed E-state index contributed by atoms with van der Waals surface area (Å²) in [5.74, 6) is 1.10. The molecular formula is C26H31ClN4O4. The number of urea groups is 1. The van der Waals surface area contributed by atoms with Crippen LogP contribution in [0.4, 0.5) is 10.5 Å². The molecular weight excluding hydrogens is 468 g/mol. The van der Waals surface area contributed by atoms with Gasteiger partial charge in [0.25, 0.3) is 5.56 Å². The minimum atomic E-state index is -0.298. The Morgan fingerprint density at radius 1 is 1.20 bits per heavy atom. The van der Waals surface area contributed by atoms with E-state index in [1.165, 1.54) is 0 Å². The number of H-pyrrole nitrogens is 1. The van der Waals surface area contributed by atoms with Crippen LogP contribution in [0.2, 0.25) is 5.02 Å². The number of amides is 2. The largest absolute Gasteiger partial charge is 0.493 e. The van der Waals surface area contributed by atoms with Crippen molar-refractivity contribution < 1.29 is 14.3 Å². The van der Waals surface area contributed by atoms with Gasteiger partial charge in [0.2, 0.25) is 0 Å². The van der Waals surface area contributed by atoms with Crippen LogP contribution in [0.3, 0.4) is 0 Å². The van der Waals surface area contributed by atoms with Gasteiger partial charge in [0.15, 0.2) is 11.5 Å². The third-order valence-corrected chi connectivity index (χ3v) is 6.86. The van der Waals surface area contributed by atoms with E-state index >= 15 is 0 Å². The lowest BCUT2D eigenvalue weighted by Crippen LogP contribution is -2.45. The molecule has 35 heavy (non-hydrogen) atoms. The van der Waals surface area contributed by atoms with E-state index in [-0.39, 0.29) is 24.2 Å². The third-order valence-electron chi connectivity index (χ3n) is 6.53. The number of hydrogen-bond donors (Lipinski definition) is 2. The van der Waals surface area contributed by atoms with E-state index < -0.39 is 0 Å². The molecule has 0 aliphatic carbocycles. The molecule has 8 nitrogen and oxygen atoms in total. The van der Waals surface area contributed by atoms with Gasteiger partial charge in [-0.1, -0.05) is 30.7 Å². The van der Waals surface area contributed by atoms with Crippen LogP contribution in [0.15, 0.2) is 47.3 Å². The second-order valence-electron chi connectivity index (χ2n) is 8.63. The number of likely N-dealkylation sites (tertiary alicyclic amines) is 1. The molecule has 0 unspecified atom stereocenters. The van der Waals surface area contributed by atoms with Crippen LogP contribution in [0.1, 0.15) is 25.3 Å². The predicted octanol–water partition coefficient (Wildman–Crippen LogP) is 4.72. The third kappa shape index (κ3) is 5.55. The molecule has 2 amide bonds. The van der Waals surface area contributed by atoms with Gasteiger partial charge < -0.3 is 24.7 Å². The second-order valence-corrected chi connectivity index (χ2v) is 9.04. The van der Waals surface area contributed by atoms with Crippen LogP contribution >= 0.6 is 11.6 Å². The number of nitrogens with one attached hydrogen (secondary N) is 2. The van der Waals surface area contributed by atoms with Crippen molar-refractivity contribution in [2.45, 2.75) is 32.4 Å². The fraction of sp³-hybridized carbons (Fsp3) is 0.385. The number of nitrogens with zero attached hydrogens (tertiary/aromatic N) is 2. The molecule has 3 aromatic rings. The molecule has 2 aromatic carbocycles. The molecule has 2 N–H and O–H groups in total. The number of aromatic amines is 1. The molecule has 0 radical (unpaired) electrons. The van der Waals surface area contributed by atoms with Gasteiger partial charge in [0, 0.05) is 29.6 Å². The minimum Gasteiger partial charge on any atom is -0.493 e. The molecule has 1 atom stereocenters. The van der Waals surface area contributed by atoms with Gasteiger partial charge >= 0.3 is 6.03 Å². The minimum absolute atomic E-state index is 0.157. The molecule has 186 valence electrons. The molecule has 1 saturated heterocycles. The Morgan fingerprint density at radius 2 is 1.94 bits per heavy atom. The van der Waals surface area contributed by atoms with Gasteiger partial charge in [0.1, 0.15) is 0 Å². The van der Waals surface area contributed by atoms with Crippen molar-refractivity contribution in [3.63, 3.8) is 0 Å². The molecule has 1 aliphatic heterocycles. The summed E-state index contributed by atoms with van der Waals surface area (Å²) >= 11 is 6.27. The fourth-order valence-corrected chi connectivity index (χ4v) is 4.83. The summed E-state index contributed by atoms with van der Waals surface area (Å²) in [4.78, 5) is 33.4. The van der Waals surface area contributed by atoms with Crippen molar-refractivity contribution in [3.05, 3.63) is 63.4 Å². The molecule has 0 bridgehead atoms. The number of carbonyl (C=O) groups is 1. The quantitative estimate of drug-likeness (QED) is 0.469. The average Bonchev–Trinajstić information content (AvgIpc) is 3.31. The number of rotatable bonds is 8. The number of anilines is 1. The first kappa shape index (κ1) is 24.9. The van der Waals surface area contributed by atoms with Gasteiger partial charge in [0.05, 0.1) is 37.0 Å². The summed E-state index contributed by atoms with van der Waals surface area (Å²) in [6.45, 7) is 4.72. The maximum absolute atomic E-state index is 13.4. The molecule has 9 heteroatoms. The van der Waals surface area contributed by atoms with Crippen LogP contribution in [0.5, 0.6) is 11.5 Å². The summed E-state index contributed by atoms with van der Waals surface area (Å²) in [5.41, 5.74) is 1.41. The van der Waals surface area contributed by atoms with Gasteiger partial charge in [-0.05, 0) is 50.2 Å². The zero-order valence-corrected chi connectivity index (χ0v) is 21.0. The van der Waals surface area contributed by atoms with Crippen LogP contribution < -0.4 is 20.3 Å². The Labute approximate surface area is 209 Å². The van der Waals surface area contributed by atoms with Gasteiger partial charge in [-0.15, -0.1) is 0 Å². The van der Waals surface area contributed by atoms with E-state index in [0.717, 1.165) is 31.3 Å². The highest BCUT2D eigenvalue weighted by atomic mass is 35.5.